The highest BCUT2D eigenvalue weighted by Crippen LogP contribution is 2.07. The Morgan fingerprint density at radius 2 is 2.11 bits per heavy atom. The number of nitrogens with two attached hydrogens (primary N) is 3. The molecule has 0 saturated heterocycles. The van der Waals surface area contributed by atoms with Gasteiger partial charge in [0.25, 0.3) is 5.96 Å². The van der Waals surface area contributed by atoms with E-state index in [1.807, 2.05) is 0 Å². The van der Waals surface area contributed by atoms with E-state index >= 15 is 0 Å². The fourth-order valence-electron chi connectivity index (χ4n) is 1.62. The third kappa shape index (κ3) is 11.4. The van der Waals surface area contributed by atoms with E-state index in [9.17, 15) is 15.2 Å². The minimum atomic E-state index is -0.766. The molecule has 0 spiro atoms. The second kappa shape index (κ2) is 10.5. The van der Waals surface area contributed by atoms with Crippen molar-refractivity contribution in [3.05, 3.63) is 10.1 Å². The van der Waals surface area contributed by atoms with Gasteiger partial charge in [-0.25, -0.2) is 15.1 Å². The van der Waals surface area contributed by atoms with Crippen molar-refractivity contribution < 1.29 is 10.1 Å². The van der Waals surface area contributed by atoms with E-state index < -0.39 is 11.1 Å². The SMILES string of the molecule is NCCC[C@H](O)C[C@@H](N)CCCN=C(N)N[N+](=O)[O-]. The van der Waals surface area contributed by atoms with Crippen LogP contribution < -0.4 is 22.6 Å². The van der Waals surface area contributed by atoms with E-state index in [1.165, 1.54) is 0 Å². The number of rotatable bonds is 10. The molecule has 0 rings (SSSR count). The number of aliphatic hydroxyl groups is 1. The Labute approximate surface area is 112 Å². The molecular weight excluding hydrogens is 252 g/mol. The lowest BCUT2D eigenvalue weighted by Crippen LogP contribution is -2.36. The molecule has 0 amide bonds. The molecule has 0 fully saturated rings. The fraction of sp³-hybridized carbons (Fsp3) is 0.900. The molecule has 112 valence electrons. The van der Waals surface area contributed by atoms with Crippen LogP contribution in [0.5, 0.6) is 0 Å². The van der Waals surface area contributed by atoms with Gasteiger partial charge < -0.3 is 22.3 Å². The number of hydrogen-bond donors (Lipinski definition) is 5. The summed E-state index contributed by atoms with van der Waals surface area (Å²) in [5.41, 5.74) is 18.2. The largest absolute Gasteiger partial charge is 0.393 e. The molecule has 2 atom stereocenters. The highest BCUT2D eigenvalue weighted by molar-refractivity contribution is 5.76. The van der Waals surface area contributed by atoms with Crippen molar-refractivity contribution in [2.45, 2.75) is 44.2 Å². The van der Waals surface area contributed by atoms with Crippen LogP contribution in [0.1, 0.15) is 32.1 Å². The van der Waals surface area contributed by atoms with Crippen molar-refractivity contribution in [1.29, 1.82) is 0 Å². The maximum absolute atomic E-state index is 10.0. The topological polar surface area (TPSA) is 166 Å². The van der Waals surface area contributed by atoms with Crippen LogP contribution in [0.4, 0.5) is 0 Å². The number of aliphatic imine (C=N–C) groups is 1. The Morgan fingerprint density at radius 1 is 1.42 bits per heavy atom. The van der Waals surface area contributed by atoms with Crippen molar-refractivity contribution in [2.24, 2.45) is 22.2 Å². The van der Waals surface area contributed by atoms with Gasteiger partial charge in [0, 0.05) is 12.6 Å². The van der Waals surface area contributed by atoms with Gasteiger partial charge in [0.1, 0.15) is 0 Å². The van der Waals surface area contributed by atoms with Crippen molar-refractivity contribution in [2.75, 3.05) is 13.1 Å². The molecule has 8 N–H and O–H groups in total. The van der Waals surface area contributed by atoms with Gasteiger partial charge in [-0.05, 0) is 38.6 Å². The molecule has 0 radical (unpaired) electrons. The molecule has 0 aromatic rings. The van der Waals surface area contributed by atoms with E-state index in [2.05, 4.69) is 4.99 Å². The van der Waals surface area contributed by atoms with Gasteiger partial charge in [0.15, 0.2) is 5.03 Å². The standard InChI is InChI=1S/C10H24N6O3/c11-5-1-4-9(17)7-8(12)3-2-6-14-10(13)15-16(18)19/h8-9,17H,1-7,11-12H2,(H3,13,14,15)/t8-,9-/m0/s1. The second-order valence-corrected chi connectivity index (χ2v) is 4.36. The Morgan fingerprint density at radius 3 is 2.68 bits per heavy atom. The van der Waals surface area contributed by atoms with Crippen molar-refractivity contribution in [3.8, 4) is 0 Å². The summed E-state index contributed by atoms with van der Waals surface area (Å²) in [6.07, 6.45) is 2.86. The van der Waals surface area contributed by atoms with Crippen molar-refractivity contribution in [3.63, 3.8) is 0 Å². The van der Waals surface area contributed by atoms with Gasteiger partial charge in [0.05, 0.1) is 6.10 Å². The summed E-state index contributed by atoms with van der Waals surface area (Å²) in [6.45, 7) is 0.920. The van der Waals surface area contributed by atoms with Gasteiger partial charge in [0.2, 0.25) is 0 Å². The third-order valence-corrected chi connectivity index (χ3v) is 2.54. The zero-order valence-corrected chi connectivity index (χ0v) is 11.0. The van der Waals surface area contributed by atoms with Gasteiger partial charge in [-0.1, -0.05) is 5.43 Å². The van der Waals surface area contributed by atoms with E-state index in [1.54, 1.807) is 5.43 Å². The average Bonchev–Trinajstić information content (AvgIpc) is 2.31. The molecule has 19 heavy (non-hydrogen) atoms. The molecule has 0 heterocycles. The molecule has 0 bridgehead atoms. The van der Waals surface area contributed by atoms with Crippen LogP contribution in [0, 0.1) is 10.1 Å². The molecule has 0 aliphatic carbocycles. The quantitative estimate of drug-likeness (QED) is 0.108. The first kappa shape index (κ1) is 17.6. The summed E-state index contributed by atoms with van der Waals surface area (Å²) >= 11 is 0. The summed E-state index contributed by atoms with van der Waals surface area (Å²) in [6, 6.07) is -0.118. The summed E-state index contributed by atoms with van der Waals surface area (Å²) in [5.74, 6) is -0.221. The summed E-state index contributed by atoms with van der Waals surface area (Å²) in [5, 5.41) is 18.9. The van der Waals surface area contributed by atoms with E-state index in [0.29, 0.717) is 38.8 Å². The zero-order valence-electron chi connectivity index (χ0n) is 11.0. The number of nitro groups is 1. The third-order valence-electron chi connectivity index (χ3n) is 2.54. The maximum atomic E-state index is 10.0. The lowest BCUT2D eigenvalue weighted by molar-refractivity contribution is -0.525. The molecule has 9 heteroatoms. The smallest absolute Gasteiger partial charge is 0.251 e. The molecule has 0 aliphatic rings. The van der Waals surface area contributed by atoms with Crippen molar-refractivity contribution >= 4 is 5.96 Å². The Kier molecular flexibility index (Phi) is 9.67. The Balaban J connectivity index is 3.68. The zero-order chi connectivity index (χ0) is 14.7. The number of guanidine groups is 1. The number of nitrogens with one attached hydrogen (secondary N) is 1. The number of nitrogens with zero attached hydrogens (tertiary/aromatic N) is 2. The van der Waals surface area contributed by atoms with E-state index in [4.69, 9.17) is 17.2 Å². The molecule has 0 aromatic heterocycles. The monoisotopic (exact) mass is 276 g/mol. The normalized spacial score (nSPS) is 15.0. The molecule has 9 nitrogen and oxygen atoms in total. The number of hydrogen-bond acceptors (Lipinski definition) is 6. The lowest BCUT2D eigenvalue weighted by atomic mass is 10.0. The van der Waals surface area contributed by atoms with E-state index in [-0.39, 0.29) is 12.0 Å². The molecular formula is C10H24N6O3. The fourth-order valence-corrected chi connectivity index (χ4v) is 1.62. The van der Waals surface area contributed by atoms with Crippen molar-refractivity contribution in [1.82, 2.24) is 5.43 Å². The Bertz CT molecular complexity index is 286. The highest BCUT2D eigenvalue weighted by atomic mass is 16.7. The van der Waals surface area contributed by atoms with Crippen LogP contribution >= 0.6 is 0 Å². The van der Waals surface area contributed by atoms with Crippen LogP contribution in [0.3, 0.4) is 0 Å². The maximum Gasteiger partial charge on any atom is 0.251 e. The van der Waals surface area contributed by atoms with Gasteiger partial charge in [-0.2, -0.15) is 0 Å². The van der Waals surface area contributed by atoms with Crippen LogP contribution in [-0.4, -0.2) is 41.3 Å². The molecule has 0 aromatic carbocycles. The summed E-state index contributed by atoms with van der Waals surface area (Å²) in [7, 11) is 0. The van der Waals surface area contributed by atoms with Crippen LogP contribution in [-0.2, 0) is 0 Å². The minimum Gasteiger partial charge on any atom is -0.393 e. The van der Waals surface area contributed by atoms with Crippen LogP contribution in [0.25, 0.3) is 0 Å². The molecule has 0 aliphatic heterocycles. The van der Waals surface area contributed by atoms with E-state index in [0.717, 1.165) is 6.42 Å². The predicted molar refractivity (Wildman–Crippen MR) is 72.7 cm³/mol. The number of hydrazine groups is 1. The second-order valence-electron chi connectivity index (χ2n) is 4.36. The molecule has 0 saturated carbocycles. The van der Waals surface area contributed by atoms with Gasteiger partial charge in [-0.3, -0.25) is 0 Å². The minimum absolute atomic E-state index is 0.118. The lowest BCUT2D eigenvalue weighted by Gasteiger charge is -2.15. The predicted octanol–water partition coefficient (Wildman–Crippen LogP) is -1.32. The van der Waals surface area contributed by atoms with Gasteiger partial charge >= 0.3 is 0 Å². The van der Waals surface area contributed by atoms with Crippen LogP contribution in [0.2, 0.25) is 0 Å². The Hall–Kier alpha value is -1.45. The first-order chi connectivity index (χ1) is 8.95. The first-order valence-electron chi connectivity index (χ1n) is 6.30. The number of aliphatic hydroxyl groups excluding tert-OH is 1. The van der Waals surface area contributed by atoms with Crippen LogP contribution in [0.15, 0.2) is 4.99 Å². The highest BCUT2D eigenvalue weighted by Gasteiger charge is 2.10. The summed E-state index contributed by atoms with van der Waals surface area (Å²) in [4.78, 5) is 13.8. The molecule has 0 unspecified atom stereocenters. The first-order valence-corrected chi connectivity index (χ1v) is 6.30. The van der Waals surface area contributed by atoms with Gasteiger partial charge in [-0.15, -0.1) is 0 Å². The summed E-state index contributed by atoms with van der Waals surface area (Å²) < 4.78 is 0. The average molecular weight is 276 g/mol.